The highest BCUT2D eigenvalue weighted by Gasteiger charge is 2.32. The van der Waals surface area contributed by atoms with E-state index in [9.17, 15) is 24.0 Å². The van der Waals surface area contributed by atoms with Crippen molar-refractivity contribution in [3.63, 3.8) is 0 Å². The fraction of sp³-hybridized carbons (Fsp3) is 0.762. The lowest BCUT2D eigenvalue weighted by Gasteiger charge is -2.26. The van der Waals surface area contributed by atoms with Crippen molar-refractivity contribution in [3.05, 3.63) is 0 Å². The third-order valence-electron chi connectivity index (χ3n) is 5.58. The van der Waals surface area contributed by atoms with Gasteiger partial charge in [-0.3, -0.25) is 24.1 Å². The lowest BCUT2D eigenvalue weighted by molar-refractivity contribution is -0.197. The molecule has 0 spiro atoms. The smallest absolute Gasteiger partial charge is 0.334 e. The van der Waals surface area contributed by atoms with Gasteiger partial charge in [-0.2, -0.15) is 0 Å². The number of nitrogens with one attached hydrogen (secondary N) is 2. The summed E-state index contributed by atoms with van der Waals surface area (Å²) in [6, 6.07) is 0.569. The number of hydrogen-bond donors (Lipinski definition) is 2. The van der Waals surface area contributed by atoms with Crippen LogP contribution < -0.4 is 10.6 Å². The van der Waals surface area contributed by atoms with Crippen molar-refractivity contribution in [2.24, 2.45) is 5.92 Å². The van der Waals surface area contributed by atoms with Gasteiger partial charge in [-0.25, -0.2) is 4.79 Å². The van der Waals surface area contributed by atoms with E-state index < -0.39 is 17.8 Å². The standard InChI is InChI=1S/C21H34N4O6/c1-3-5-16-6-4-13-24(16)14-15(2)21(30)23-11-9-17(26)22-12-10-20(29)31-25-18(27)7-8-19(25)28/h15-16H,3-14H2,1-2H3,(H,22,26)(H,23,30). The first-order valence-corrected chi connectivity index (χ1v) is 11.2. The van der Waals surface area contributed by atoms with Gasteiger partial charge >= 0.3 is 5.97 Å². The van der Waals surface area contributed by atoms with Crippen molar-refractivity contribution in [2.75, 3.05) is 26.2 Å². The molecule has 10 nitrogen and oxygen atoms in total. The molecule has 0 saturated carbocycles. The zero-order chi connectivity index (χ0) is 22.8. The van der Waals surface area contributed by atoms with Crippen LogP contribution in [-0.4, -0.2) is 71.8 Å². The highest BCUT2D eigenvalue weighted by Crippen LogP contribution is 2.22. The Kier molecular flexibility index (Phi) is 9.90. The number of hydrogen-bond acceptors (Lipinski definition) is 7. The molecule has 4 amide bonds. The number of likely N-dealkylation sites (tertiary alicyclic amines) is 1. The fourth-order valence-corrected chi connectivity index (χ4v) is 3.90. The molecule has 0 bridgehead atoms. The summed E-state index contributed by atoms with van der Waals surface area (Å²) in [5, 5.41) is 5.83. The highest BCUT2D eigenvalue weighted by atomic mass is 16.7. The van der Waals surface area contributed by atoms with Gasteiger partial charge in [0, 0.05) is 50.9 Å². The Hall–Kier alpha value is -2.49. The van der Waals surface area contributed by atoms with E-state index in [4.69, 9.17) is 4.84 Å². The van der Waals surface area contributed by atoms with Crippen LogP contribution in [0.1, 0.15) is 65.2 Å². The Balaban J connectivity index is 1.56. The van der Waals surface area contributed by atoms with Crippen molar-refractivity contribution in [3.8, 4) is 0 Å². The molecule has 2 atom stereocenters. The molecule has 2 heterocycles. The van der Waals surface area contributed by atoms with Crippen molar-refractivity contribution in [1.29, 1.82) is 0 Å². The molecule has 0 aliphatic carbocycles. The summed E-state index contributed by atoms with van der Waals surface area (Å²) in [6.45, 7) is 6.08. The lowest BCUT2D eigenvalue weighted by atomic mass is 10.1. The second kappa shape index (κ2) is 12.4. The molecule has 0 aromatic heterocycles. The summed E-state index contributed by atoms with van der Waals surface area (Å²) in [4.78, 5) is 65.7. The van der Waals surface area contributed by atoms with Crippen LogP contribution in [-0.2, 0) is 28.8 Å². The molecule has 174 valence electrons. The maximum Gasteiger partial charge on any atom is 0.334 e. The van der Waals surface area contributed by atoms with Gasteiger partial charge in [-0.1, -0.05) is 20.3 Å². The third-order valence-corrected chi connectivity index (χ3v) is 5.58. The van der Waals surface area contributed by atoms with Crippen LogP contribution in [0.25, 0.3) is 0 Å². The quantitative estimate of drug-likeness (QED) is 0.425. The number of imide groups is 1. The predicted molar refractivity (Wildman–Crippen MR) is 111 cm³/mol. The molecule has 0 aromatic carbocycles. The van der Waals surface area contributed by atoms with Crippen molar-refractivity contribution >= 4 is 29.6 Å². The normalized spacial score (nSPS) is 20.1. The van der Waals surface area contributed by atoms with Gasteiger partial charge in [0.25, 0.3) is 11.8 Å². The number of amides is 4. The summed E-state index contributed by atoms with van der Waals surface area (Å²) >= 11 is 0. The molecule has 2 unspecified atom stereocenters. The Bertz CT molecular complexity index is 667. The van der Waals surface area contributed by atoms with Crippen LogP contribution in [0.4, 0.5) is 0 Å². The molecule has 2 N–H and O–H groups in total. The largest absolute Gasteiger partial charge is 0.355 e. The van der Waals surface area contributed by atoms with Gasteiger partial charge in [0.1, 0.15) is 0 Å². The average Bonchev–Trinajstić information content (AvgIpc) is 3.29. The van der Waals surface area contributed by atoms with Gasteiger partial charge in [0.15, 0.2) is 0 Å². The zero-order valence-electron chi connectivity index (χ0n) is 18.5. The molecule has 2 rings (SSSR count). The monoisotopic (exact) mass is 438 g/mol. The van der Waals surface area contributed by atoms with Gasteiger partial charge in [0.2, 0.25) is 11.8 Å². The second-order valence-electron chi connectivity index (χ2n) is 8.17. The molecule has 10 heteroatoms. The minimum atomic E-state index is -0.769. The fourth-order valence-electron chi connectivity index (χ4n) is 3.90. The van der Waals surface area contributed by atoms with E-state index in [1.165, 1.54) is 12.8 Å². The first kappa shape index (κ1) is 24.8. The number of carbonyl (C=O) groups excluding carboxylic acids is 5. The van der Waals surface area contributed by atoms with E-state index in [1.807, 2.05) is 6.92 Å². The molecule has 2 aliphatic heterocycles. The van der Waals surface area contributed by atoms with Crippen molar-refractivity contribution < 1.29 is 28.8 Å². The van der Waals surface area contributed by atoms with E-state index in [0.29, 0.717) is 11.1 Å². The van der Waals surface area contributed by atoms with Crippen LogP contribution in [0.5, 0.6) is 0 Å². The SMILES string of the molecule is CCCC1CCCN1CC(C)C(=O)NCCC(=O)NCCC(=O)ON1C(=O)CCC1=O. The summed E-state index contributed by atoms with van der Waals surface area (Å²) < 4.78 is 0. The number of carbonyl (C=O) groups is 5. The summed E-state index contributed by atoms with van der Waals surface area (Å²) in [5.41, 5.74) is 0. The summed E-state index contributed by atoms with van der Waals surface area (Å²) in [7, 11) is 0. The second-order valence-corrected chi connectivity index (χ2v) is 8.17. The van der Waals surface area contributed by atoms with E-state index >= 15 is 0 Å². The van der Waals surface area contributed by atoms with Gasteiger partial charge in [0.05, 0.1) is 6.42 Å². The van der Waals surface area contributed by atoms with Crippen molar-refractivity contribution in [1.82, 2.24) is 20.6 Å². The Labute approximate surface area is 183 Å². The maximum absolute atomic E-state index is 12.3. The average molecular weight is 439 g/mol. The van der Waals surface area contributed by atoms with Crippen LogP contribution in [0.3, 0.4) is 0 Å². The van der Waals surface area contributed by atoms with Gasteiger partial charge in [-0.15, -0.1) is 5.06 Å². The highest BCUT2D eigenvalue weighted by molar-refractivity contribution is 6.01. The maximum atomic E-state index is 12.3. The molecule has 31 heavy (non-hydrogen) atoms. The molecule has 2 aliphatic rings. The van der Waals surface area contributed by atoms with E-state index in [2.05, 4.69) is 22.5 Å². The first-order chi connectivity index (χ1) is 14.8. The molecular formula is C21H34N4O6. The first-order valence-electron chi connectivity index (χ1n) is 11.2. The van der Waals surface area contributed by atoms with E-state index in [1.54, 1.807) is 0 Å². The third kappa shape index (κ3) is 7.93. The number of rotatable bonds is 12. The van der Waals surface area contributed by atoms with Crippen molar-refractivity contribution in [2.45, 2.75) is 71.3 Å². The summed E-state index contributed by atoms with van der Waals surface area (Å²) in [5.74, 6) is -2.38. The Morgan fingerprint density at radius 2 is 1.77 bits per heavy atom. The minimum absolute atomic E-state index is 0.0199. The minimum Gasteiger partial charge on any atom is -0.355 e. The van der Waals surface area contributed by atoms with Crippen LogP contribution in [0.15, 0.2) is 0 Å². The molecular weight excluding hydrogens is 404 g/mol. The van der Waals surface area contributed by atoms with Gasteiger partial charge in [-0.05, 0) is 25.8 Å². The number of nitrogens with zero attached hydrogens (tertiary/aromatic N) is 2. The number of hydroxylamine groups is 2. The molecule has 2 saturated heterocycles. The zero-order valence-corrected chi connectivity index (χ0v) is 18.5. The van der Waals surface area contributed by atoms with E-state index in [-0.39, 0.29) is 56.5 Å². The van der Waals surface area contributed by atoms with Gasteiger partial charge < -0.3 is 15.5 Å². The van der Waals surface area contributed by atoms with E-state index in [0.717, 1.165) is 25.9 Å². The lowest BCUT2D eigenvalue weighted by Crippen LogP contribution is -2.40. The Morgan fingerprint density at radius 1 is 1.10 bits per heavy atom. The molecule has 0 aromatic rings. The topological polar surface area (TPSA) is 125 Å². The van der Waals surface area contributed by atoms with Crippen LogP contribution in [0.2, 0.25) is 0 Å². The predicted octanol–water partition coefficient (Wildman–Crippen LogP) is 0.507. The summed E-state index contributed by atoms with van der Waals surface area (Å²) in [6.07, 6.45) is 4.67. The molecule has 2 fully saturated rings. The van der Waals surface area contributed by atoms with Crippen LogP contribution >= 0.6 is 0 Å². The van der Waals surface area contributed by atoms with Crippen LogP contribution in [0, 0.1) is 5.92 Å². The Morgan fingerprint density at radius 3 is 2.45 bits per heavy atom. The molecule has 0 radical (unpaired) electrons.